The highest BCUT2D eigenvalue weighted by molar-refractivity contribution is 5.76. The summed E-state index contributed by atoms with van der Waals surface area (Å²) >= 11 is 0. The highest BCUT2D eigenvalue weighted by Gasteiger charge is 2.33. The monoisotopic (exact) mass is 865 g/mol. The molecule has 0 saturated carbocycles. The van der Waals surface area contributed by atoms with Crippen LogP contribution in [0.15, 0.2) is 0 Å². The van der Waals surface area contributed by atoms with Crippen LogP contribution in [0.5, 0.6) is 0 Å². The van der Waals surface area contributed by atoms with Gasteiger partial charge in [-0.2, -0.15) is 0 Å². The van der Waals surface area contributed by atoms with Crippen molar-refractivity contribution in [2.24, 2.45) is 0 Å². The Kier molecular flexibility index (Phi) is 38.2. The van der Waals surface area contributed by atoms with E-state index in [4.69, 9.17) is 0 Å². The first-order chi connectivity index (χ1) is 28.9. The molecule has 0 saturated heterocycles. The summed E-state index contributed by atoms with van der Waals surface area (Å²) < 4.78 is 0. The highest BCUT2D eigenvalue weighted by Crippen LogP contribution is 2.17. The standard InChI is InChI=1S/C46H92N2O12/c1-3-5-7-9-11-13-15-17-19-21-25-29-41(55)47(33-37(51)43(57)45(59)39(53)35-49)31-27-23-24-28-32-48(34-38(52)44(58)46(60)40(54)36-50)42(56)30-26-22-20-18-16-14-12-10-8-6-4-2/h37-40,43-46,49-54,57-60H,3-36H2,1-2H3/t37-,38-,39+,40+,43+,44+,45+,46+/m0/s1. The van der Waals surface area contributed by atoms with E-state index in [0.29, 0.717) is 38.5 Å². The average Bonchev–Trinajstić information content (AvgIpc) is 3.25. The molecule has 60 heavy (non-hydrogen) atoms. The lowest BCUT2D eigenvalue weighted by molar-refractivity contribution is -0.140. The van der Waals surface area contributed by atoms with E-state index in [1.807, 2.05) is 0 Å². The van der Waals surface area contributed by atoms with Gasteiger partial charge in [-0.15, -0.1) is 0 Å². The number of amides is 2. The average molecular weight is 865 g/mol. The highest BCUT2D eigenvalue weighted by atomic mass is 16.4. The number of rotatable bonds is 43. The minimum absolute atomic E-state index is 0.186. The Bertz CT molecular complexity index is 921. The van der Waals surface area contributed by atoms with Crippen LogP contribution >= 0.6 is 0 Å². The second-order valence-electron chi connectivity index (χ2n) is 17.3. The van der Waals surface area contributed by atoms with Crippen molar-refractivity contribution in [2.45, 2.75) is 242 Å². The zero-order chi connectivity index (χ0) is 45.0. The van der Waals surface area contributed by atoms with Gasteiger partial charge < -0.3 is 60.9 Å². The van der Waals surface area contributed by atoms with Gasteiger partial charge in [0.15, 0.2) is 0 Å². The lowest BCUT2D eigenvalue weighted by Crippen LogP contribution is -2.50. The lowest BCUT2D eigenvalue weighted by atomic mass is 10.0. The summed E-state index contributed by atoms with van der Waals surface area (Å²) in [6.45, 7) is 2.85. The third-order valence-corrected chi connectivity index (χ3v) is 11.8. The lowest BCUT2D eigenvalue weighted by Gasteiger charge is -2.31. The Hall–Kier alpha value is -1.46. The van der Waals surface area contributed by atoms with Crippen molar-refractivity contribution >= 4 is 11.8 Å². The van der Waals surface area contributed by atoms with Crippen LogP contribution in [0.2, 0.25) is 0 Å². The predicted octanol–water partition coefficient (Wildman–Crippen LogP) is 4.48. The van der Waals surface area contributed by atoms with Crippen molar-refractivity contribution in [3.8, 4) is 0 Å². The predicted molar refractivity (Wildman–Crippen MR) is 236 cm³/mol. The molecule has 0 aliphatic rings. The Balaban J connectivity index is 5.17. The Morgan fingerprint density at radius 2 is 0.583 bits per heavy atom. The van der Waals surface area contributed by atoms with E-state index in [1.54, 1.807) is 0 Å². The molecule has 0 aromatic carbocycles. The molecule has 358 valence electrons. The number of unbranched alkanes of at least 4 members (excludes halogenated alkanes) is 23. The molecular formula is C46H92N2O12. The fraction of sp³-hybridized carbons (Fsp3) is 0.957. The first-order valence-electron chi connectivity index (χ1n) is 24.1. The molecule has 14 nitrogen and oxygen atoms in total. The zero-order valence-electron chi connectivity index (χ0n) is 37.8. The van der Waals surface area contributed by atoms with Crippen molar-refractivity contribution in [3.05, 3.63) is 0 Å². The van der Waals surface area contributed by atoms with Crippen molar-refractivity contribution in [2.75, 3.05) is 39.4 Å². The van der Waals surface area contributed by atoms with Crippen LogP contribution in [0, 0.1) is 0 Å². The molecule has 0 spiro atoms. The number of hydrogen-bond donors (Lipinski definition) is 10. The van der Waals surface area contributed by atoms with Gasteiger partial charge in [-0.1, -0.05) is 155 Å². The molecule has 0 fully saturated rings. The summed E-state index contributed by atoms with van der Waals surface area (Å²) in [6, 6.07) is 0. The number of carbonyl (C=O) groups is 2. The minimum Gasteiger partial charge on any atom is -0.394 e. The van der Waals surface area contributed by atoms with E-state index in [-0.39, 0.29) is 50.8 Å². The fourth-order valence-electron chi connectivity index (χ4n) is 7.59. The van der Waals surface area contributed by atoms with E-state index in [2.05, 4.69) is 13.8 Å². The number of nitrogens with zero attached hydrogens (tertiary/aromatic N) is 2. The normalized spacial score (nSPS) is 15.9. The van der Waals surface area contributed by atoms with Crippen LogP contribution in [0.3, 0.4) is 0 Å². The van der Waals surface area contributed by atoms with Crippen LogP contribution in [-0.2, 0) is 9.59 Å². The topological polar surface area (TPSA) is 243 Å². The summed E-state index contributed by atoms with van der Waals surface area (Å²) in [5.41, 5.74) is 0. The van der Waals surface area contributed by atoms with Crippen LogP contribution in [0.4, 0.5) is 0 Å². The molecule has 0 unspecified atom stereocenters. The van der Waals surface area contributed by atoms with E-state index in [0.717, 1.165) is 38.5 Å². The Morgan fingerprint density at radius 1 is 0.350 bits per heavy atom. The van der Waals surface area contributed by atoms with Gasteiger partial charge in [0.05, 0.1) is 13.2 Å². The second kappa shape index (κ2) is 39.2. The Morgan fingerprint density at radius 3 is 0.850 bits per heavy atom. The zero-order valence-corrected chi connectivity index (χ0v) is 37.8. The fourth-order valence-corrected chi connectivity index (χ4v) is 7.59. The molecule has 0 aromatic heterocycles. The van der Waals surface area contributed by atoms with E-state index < -0.39 is 62.0 Å². The first kappa shape index (κ1) is 58.5. The number of aliphatic hydroxyl groups excluding tert-OH is 10. The van der Waals surface area contributed by atoms with E-state index >= 15 is 0 Å². The molecule has 2 amide bonds. The molecule has 10 N–H and O–H groups in total. The van der Waals surface area contributed by atoms with Crippen LogP contribution in [-0.4, -0.2) is 161 Å². The van der Waals surface area contributed by atoms with Gasteiger partial charge in [0.1, 0.15) is 48.8 Å². The third-order valence-electron chi connectivity index (χ3n) is 11.8. The molecule has 0 aliphatic heterocycles. The minimum atomic E-state index is -1.79. The molecular weight excluding hydrogens is 773 g/mol. The van der Waals surface area contributed by atoms with Gasteiger partial charge in [0.25, 0.3) is 0 Å². The maximum atomic E-state index is 13.3. The van der Waals surface area contributed by atoms with Gasteiger partial charge in [-0.25, -0.2) is 0 Å². The molecule has 0 bridgehead atoms. The molecule has 0 radical (unpaired) electrons. The van der Waals surface area contributed by atoms with Gasteiger partial charge >= 0.3 is 0 Å². The molecule has 0 rings (SSSR count). The largest absolute Gasteiger partial charge is 0.394 e. The molecule has 14 heteroatoms. The number of aliphatic hydroxyl groups is 10. The SMILES string of the molecule is CCCCCCCCCCCCCC(=O)N(CCCCCCN(C[C@H](O)[C@@H](O)[C@H](O)[C@H](O)CO)C(=O)CCCCCCCCCCCCC)C[C@H](O)[C@@H](O)[C@H](O)[C@H](O)CO. The van der Waals surface area contributed by atoms with Gasteiger partial charge in [-0.3, -0.25) is 9.59 Å². The smallest absolute Gasteiger partial charge is 0.222 e. The molecule has 0 aromatic rings. The second-order valence-corrected chi connectivity index (χ2v) is 17.3. The Labute approximate surface area is 363 Å². The van der Waals surface area contributed by atoms with Crippen LogP contribution in [0.25, 0.3) is 0 Å². The van der Waals surface area contributed by atoms with E-state index in [1.165, 1.54) is 99.7 Å². The maximum absolute atomic E-state index is 13.3. The number of hydrogen-bond acceptors (Lipinski definition) is 12. The van der Waals surface area contributed by atoms with Gasteiger partial charge in [0.2, 0.25) is 11.8 Å². The third kappa shape index (κ3) is 29.0. The molecule has 0 aliphatic carbocycles. The first-order valence-corrected chi connectivity index (χ1v) is 24.1. The summed E-state index contributed by atoms with van der Waals surface area (Å²) in [4.78, 5) is 29.6. The summed E-state index contributed by atoms with van der Waals surface area (Å²) in [7, 11) is 0. The van der Waals surface area contributed by atoms with Gasteiger partial charge in [-0.05, 0) is 25.7 Å². The van der Waals surface area contributed by atoms with Crippen molar-refractivity contribution in [1.82, 2.24) is 9.80 Å². The van der Waals surface area contributed by atoms with Crippen LogP contribution in [0.1, 0.15) is 194 Å². The van der Waals surface area contributed by atoms with Crippen molar-refractivity contribution < 1.29 is 60.7 Å². The maximum Gasteiger partial charge on any atom is 0.222 e. The molecule has 8 atom stereocenters. The van der Waals surface area contributed by atoms with Crippen molar-refractivity contribution in [3.63, 3.8) is 0 Å². The van der Waals surface area contributed by atoms with Crippen LogP contribution < -0.4 is 0 Å². The summed E-state index contributed by atoms with van der Waals surface area (Å²) in [5, 5.41) is 100. The summed E-state index contributed by atoms with van der Waals surface area (Å²) in [5.74, 6) is -0.371. The molecule has 0 heterocycles. The van der Waals surface area contributed by atoms with Gasteiger partial charge in [0, 0.05) is 39.0 Å². The van der Waals surface area contributed by atoms with E-state index in [9.17, 15) is 60.7 Å². The summed E-state index contributed by atoms with van der Waals surface area (Å²) in [6.07, 6.45) is 14.5. The van der Waals surface area contributed by atoms with Crippen molar-refractivity contribution in [1.29, 1.82) is 0 Å². The quantitative estimate of drug-likeness (QED) is 0.0382. The number of carbonyl (C=O) groups excluding carboxylic acids is 2.